The second-order valence-corrected chi connectivity index (χ2v) is 5.11. The predicted octanol–water partition coefficient (Wildman–Crippen LogP) is 2.66. The molecule has 0 aliphatic heterocycles. The van der Waals surface area contributed by atoms with E-state index in [-0.39, 0.29) is 30.7 Å². The lowest BCUT2D eigenvalue weighted by molar-refractivity contribution is -0.143. The molecule has 132 valence electrons. The number of esters is 1. The van der Waals surface area contributed by atoms with Crippen LogP contribution in [0.15, 0.2) is 30.3 Å². The largest absolute Gasteiger partial charge is 0.466 e. The average molecular weight is 337 g/mol. The third-order valence-electron chi connectivity index (χ3n) is 3.27. The van der Waals surface area contributed by atoms with E-state index in [2.05, 4.69) is 0 Å². The van der Waals surface area contributed by atoms with Crippen LogP contribution in [0.1, 0.15) is 25.3 Å². The maximum atomic E-state index is 12.9. The van der Waals surface area contributed by atoms with E-state index in [4.69, 9.17) is 9.47 Å². The first-order valence-corrected chi connectivity index (χ1v) is 7.94. The van der Waals surface area contributed by atoms with Gasteiger partial charge in [0.15, 0.2) is 0 Å². The molecule has 0 heterocycles. The molecule has 0 bridgehead atoms. The zero-order valence-corrected chi connectivity index (χ0v) is 14.2. The molecule has 0 aromatic heterocycles. The molecule has 1 aromatic rings. The predicted molar refractivity (Wildman–Crippen MR) is 89.8 cm³/mol. The number of benzene rings is 1. The van der Waals surface area contributed by atoms with Crippen LogP contribution in [0.3, 0.4) is 0 Å². The normalized spacial score (nSPS) is 10.8. The Balaban J connectivity index is 2.63. The van der Waals surface area contributed by atoms with Gasteiger partial charge < -0.3 is 14.4 Å². The zero-order chi connectivity index (χ0) is 17.8. The molecule has 1 rings (SSSR count). The van der Waals surface area contributed by atoms with Crippen LogP contribution in [0.25, 0.3) is 6.08 Å². The van der Waals surface area contributed by atoms with Gasteiger partial charge in [0.05, 0.1) is 13.0 Å². The number of ether oxygens (including phenoxy) is 2. The summed E-state index contributed by atoms with van der Waals surface area (Å²) in [4.78, 5) is 25.4. The fourth-order valence-corrected chi connectivity index (χ4v) is 2.04. The highest BCUT2D eigenvalue weighted by molar-refractivity contribution is 5.92. The Bertz CT molecular complexity index is 542. The molecule has 0 saturated carbocycles. The van der Waals surface area contributed by atoms with Crippen molar-refractivity contribution in [1.82, 2.24) is 4.90 Å². The second kappa shape index (κ2) is 11.3. The monoisotopic (exact) mass is 337 g/mol. The summed E-state index contributed by atoms with van der Waals surface area (Å²) in [5.74, 6) is -0.863. The van der Waals surface area contributed by atoms with Crippen LogP contribution in [0.4, 0.5) is 4.39 Å². The minimum absolute atomic E-state index is 0.150. The summed E-state index contributed by atoms with van der Waals surface area (Å²) in [6.45, 7) is 3.37. The first kappa shape index (κ1) is 19.8. The number of nitrogens with zero attached hydrogens (tertiary/aromatic N) is 1. The summed E-state index contributed by atoms with van der Waals surface area (Å²) >= 11 is 0. The summed E-state index contributed by atoms with van der Waals surface area (Å²) in [5, 5.41) is 0. The average Bonchev–Trinajstić information content (AvgIpc) is 2.57. The van der Waals surface area contributed by atoms with E-state index in [0.717, 1.165) is 5.56 Å². The zero-order valence-electron chi connectivity index (χ0n) is 14.2. The highest BCUT2D eigenvalue weighted by Crippen LogP contribution is 2.06. The van der Waals surface area contributed by atoms with Crippen molar-refractivity contribution in [2.24, 2.45) is 0 Å². The maximum Gasteiger partial charge on any atom is 0.307 e. The lowest BCUT2D eigenvalue weighted by Crippen LogP contribution is -2.33. The minimum Gasteiger partial charge on any atom is -0.466 e. The van der Waals surface area contributed by atoms with E-state index >= 15 is 0 Å². The molecule has 6 heteroatoms. The van der Waals surface area contributed by atoms with Crippen molar-refractivity contribution in [2.45, 2.75) is 19.8 Å². The van der Waals surface area contributed by atoms with Crippen molar-refractivity contribution in [3.05, 3.63) is 41.7 Å². The highest BCUT2D eigenvalue weighted by Gasteiger charge is 2.13. The molecule has 24 heavy (non-hydrogen) atoms. The quantitative estimate of drug-likeness (QED) is 0.374. The first-order chi connectivity index (χ1) is 11.6. The minimum atomic E-state index is -0.329. The van der Waals surface area contributed by atoms with Gasteiger partial charge in [0.1, 0.15) is 5.82 Å². The Morgan fingerprint density at radius 3 is 2.54 bits per heavy atom. The standard InChI is InChI=1S/C18H24FNO4/c1-3-24-18(22)11-13-20(12-4-14-23-2)17(21)10-7-15-5-8-16(19)9-6-15/h5-10H,3-4,11-14H2,1-2H3/b10-7+. The van der Waals surface area contributed by atoms with Gasteiger partial charge in [-0.25, -0.2) is 4.39 Å². The molecule has 0 unspecified atom stereocenters. The van der Waals surface area contributed by atoms with Gasteiger partial charge in [-0.2, -0.15) is 0 Å². The Kier molecular flexibility index (Phi) is 9.38. The van der Waals surface area contributed by atoms with Crippen LogP contribution in [0, 0.1) is 5.82 Å². The van der Waals surface area contributed by atoms with E-state index in [1.54, 1.807) is 37.1 Å². The molecule has 0 saturated heterocycles. The molecule has 5 nitrogen and oxygen atoms in total. The van der Waals surface area contributed by atoms with E-state index in [9.17, 15) is 14.0 Å². The number of halogens is 1. The number of rotatable bonds is 10. The van der Waals surface area contributed by atoms with E-state index in [1.165, 1.54) is 18.2 Å². The molecule has 1 aromatic carbocycles. The van der Waals surface area contributed by atoms with Crippen molar-refractivity contribution in [1.29, 1.82) is 0 Å². The Labute approximate surface area is 142 Å². The van der Waals surface area contributed by atoms with Crippen LogP contribution >= 0.6 is 0 Å². The maximum absolute atomic E-state index is 12.9. The molecular formula is C18H24FNO4. The number of methoxy groups -OCH3 is 1. The summed E-state index contributed by atoms with van der Waals surface area (Å²) in [5.41, 5.74) is 0.729. The van der Waals surface area contributed by atoms with Gasteiger partial charge in [-0.3, -0.25) is 9.59 Å². The van der Waals surface area contributed by atoms with Crippen molar-refractivity contribution in [3.63, 3.8) is 0 Å². The van der Waals surface area contributed by atoms with Crippen molar-refractivity contribution in [3.8, 4) is 0 Å². The van der Waals surface area contributed by atoms with E-state index in [0.29, 0.717) is 26.2 Å². The van der Waals surface area contributed by atoms with Crippen LogP contribution in [-0.4, -0.2) is 50.2 Å². The second-order valence-electron chi connectivity index (χ2n) is 5.11. The smallest absolute Gasteiger partial charge is 0.307 e. The third kappa shape index (κ3) is 7.87. The highest BCUT2D eigenvalue weighted by atomic mass is 19.1. The Hall–Kier alpha value is -2.21. The van der Waals surface area contributed by atoms with Gasteiger partial charge in [-0.15, -0.1) is 0 Å². The summed E-state index contributed by atoms with van der Waals surface area (Å²) < 4.78 is 22.7. The van der Waals surface area contributed by atoms with Gasteiger partial charge >= 0.3 is 5.97 Å². The Morgan fingerprint density at radius 2 is 1.92 bits per heavy atom. The third-order valence-corrected chi connectivity index (χ3v) is 3.27. The van der Waals surface area contributed by atoms with Gasteiger partial charge in [-0.05, 0) is 37.1 Å². The SMILES string of the molecule is CCOC(=O)CCN(CCCOC)C(=O)/C=C/c1ccc(F)cc1. The number of carbonyl (C=O) groups is 2. The molecule has 0 aliphatic rings. The molecule has 0 aliphatic carbocycles. The van der Waals surface area contributed by atoms with Gasteiger partial charge in [0.25, 0.3) is 0 Å². The van der Waals surface area contributed by atoms with Gasteiger partial charge in [0.2, 0.25) is 5.91 Å². The van der Waals surface area contributed by atoms with Crippen molar-refractivity contribution in [2.75, 3.05) is 33.4 Å². The summed E-state index contributed by atoms with van der Waals surface area (Å²) in [6, 6.07) is 5.85. The van der Waals surface area contributed by atoms with Crippen molar-refractivity contribution < 1.29 is 23.5 Å². The first-order valence-electron chi connectivity index (χ1n) is 7.94. The molecule has 0 fully saturated rings. The van der Waals surface area contributed by atoms with Crippen LogP contribution < -0.4 is 0 Å². The summed E-state index contributed by atoms with van der Waals surface area (Å²) in [6.07, 6.45) is 3.87. The topological polar surface area (TPSA) is 55.8 Å². The molecule has 0 atom stereocenters. The van der Waals surface area contributed by atoms with Crippen molar-refractivity contribution >= 4 is 18.0 Å². The van der Waals surface area contributed by atoms with E-state index < -0.39 is 0 Å². The number of carbonyl (C=O) groups excluding carboxylic acids is 2. The number of amides is 1. The molecular weight excluding hydrogens is 313 g/mol. The lowest BCUT2D eigenvalue weighted by atomic mass is 10.2. The fraction of sp³-hybridized carbons (Fsp3) is 0.444. The fourth-order valence-electron chi connectivity index (χ4n) is 2.04. The molecule has 0 spiro atoms. The lowest BCUT2D eigenvalue weighted by Gasteiger charge is -2.20. The Morgan fingerprint density at radius 1 is 1.21 bits per heavy atom. The number of hydrogen-bond donors (Lipinski definition) is 0. The molecule has 1 amide bonds. The molecule has 0 radical (unpaired) electrons. The molecule has 0 N–H and O–H groups in total. The van der Waals surface area contributed by atoms with Gasteiger partial charge in [0, 0.05) is 32.9 Å². The van der Waals surface area contributed by atoms with E-state index in [1.807, 2.05) is 0 Å². The summed E-state index contributed by atoms with van der Waals surface area (Å²) in [7, 11) is 1.60. The van der Waals surface area contributed by atoms with Crippen LogP contribution in [0.5, 0.6) is 0 Å². The van der Waals surface area contributed by atoms with Gasteiger partial charge in [-0.1, -0.05) is 12.1 Å². The van der Waals surface area contributed by atoms with Crippen LogP contribution in [-0.2, 0) is 19.1 Å². The van der Waals surface area contributed by atoms with Crippen LogP contribution in [0.2, 0.25) is 0 Å². The number of hydrogen-bond acceptors (Lipinski definition) is 4.